The Morgan fingerprint density at radius 1 is 1.53 bits per heavy atom. The highest BCUT2D eigenvalue weighted by atomic mass is 16.5. The van der Waals surface area contributed by atoms with Crippen molar-refractivity contribution in [2.75, 3.05) is 19.8 Å². The highest BCUT2D eigenvalue weighted by Crippen LogP contribution is 2.34. The molecule has 0 radical (unpaired) electrons. The van der Waals surface area contributed by atoms with Gasteiger partial charge >= 0.3 is 12.0 Å². The maximum absolute atomic E-state index is 12.3. The molecule has 2 aliphatic rings. The van der Waals surface area contributed by atoms with Gasteiger partial charge in [-0.05, 0) is 25.7 Å². The first-order chi connectivity index (χ1) is 9.10. The molecule has 0 saturated carbocycles. The van der Waals surface area contributed by atoms with Crippen molar-refractivity contribution in [3.05, 3.63) is 0 Å². The quantitative estimate of drug-likeness (QED) is 0.804. The molecule has 19 heavy (non-hydrogen) atoms. The minimum Gasteiger partial charge on any atom is -0.479 e. The molecule has 0 aliphatic carbocycles. The average Bonchev–Trinajstić information content (AvgIpc) is 2.99. The van der Waals surface area contributed by atoms with Gasteiger partial charge in [0.1, 0.15) is 5.54 Å². The number of carboxylic acid groups (broad SMARTS) is 1. The van der Waals surface area contributed by atoms with Gasteiger partial charge in [0.15, 0.2) is 0 Å². The van der Waals surface area contributed by atoms with Crippen molar-refractivity contribution in [1.29, 1.82) is 0 Å². The molecular formula is C13H22N2O4. The fraction of sp³-hybridized carbons (Fsp3) is 0.846. The van der Waals surface area contributed by atoms with Gasteiger partial charge in [0.25, 0.3) is 0 Å². The smallest absolute Gasteiger partial charge is 0.329 e. The lowest BCUT2D eigenvalue weighted by Crippen LogP contribution is -2.57. The molecule has 2 amide bonds. The number of nitrogens with one attached hydrogen (secondary N) is 1. The van der Waals surface area contributed by atoms with Crippen LogP contribution in [-0.4, -0.2) is 53.3 Å². The van der Waals surface area contributed by atoms with Crippen LogP contribution in [0.1, 0.15) is 39.0 Å². The molecule has 2 unspecified atom stereocenters. The molecule has 2 heterocycles. The van der Waals surface area contributed by atoms with Crippen molar-refractivity contribution in [2.45, 2.75) is 50.6 Å². The summed E-state index contributed by atoms with van der Waals surface area (Å²) >= 11 is 0. The fourth-order valence-corrected chi connectivity index (χ4v) is 3.08. The van der Waals surface area contributed by atoms with Crippen molar-refractivity contribution in [1.82, 2.24) is 10.2 Å². The number of urea groups is 1. The molecule has 0 spiro atoms. The van der Waals surface area contributed by atoms with E-state index in [1.54, 1.807) is 0 Å². The van der Waals surface area contributed by atoms with E-state index in [-0.39, 0.29) is 12.1 Å². The lowest BCUT2D eigenvalue weighted by molar-refractivity contribution is -0.148. The molecule has 0 aromatic carbocycles. The van der Waals surface area contributed by atoms with Crippen molar-refractivity contribution < 1.29 is 19.4 Å². The molecule has 2 rings (SSSR count). The van der Waals surface area contributed by atoms with Gasteiger partial charge < -0.3 is 20.1 Å². The number of amides is 2. The second-order valence-corrected chi connectivity index (χ2v) is 5.35. The lowest BCUT2D eigenvalue weighted by atomic mass is 9.91. The van der Waals surface area contributed by atoms with E-state index in [1.807, 2.05) is 6.92 Å². The summed E-state index contributed by atoms with van der Waals surface area (Å²) < 4.78 is 5.22. The number of carbonyl (C=O) groups excluding carboxylic acids is 1. The van der Waals surface area contributed by atoms with E-state index in [0.717, 1.165) is 19.3 Å². The number of nitrogens with zero attached hydrogens (tertiary/aromatic N) is 1. The summed E-state index contributed by atoms with van der Waals surface area (Å²) in [5.41, 5.74) is -1.02. The Hall–Kier alpha value is -1.30. The standard InChI is InChI=1S/C13H22N2O4/c1-2-5-13(11(16)17)6-3-7-15(13)12(18)14-10-4-8-19-9-10/h10H,2-9H2,1H3,(H,14,18)(H,16,17). The Morgan fingerprint density at radius 2 is 2.32 bits per heavy atom. The van der Waals surface area contributed by atoms with Crippen LogP contribution in [0.3, 0.4) is 0 Å². The monoisotopic (exact) mass is 270 g/mol. The van der Waals surface area contributed by atoms with Gasteiger partial charge in [0.2, 0.25) is 0 Å². The van der Waals surface area contributed by atoms with Gasteiger partial charge in [0, 0.05) is 13.2 Å². The van der Waals surface area contributed by atoms with Crippen LogP contribution in [0.15, 0.2) is 0 Å². The first kappa shape index (κ1) is 14.1. The van der Waals surface area contributed by atoms with Crippen LogP contribution in [0, 0.1) is 0 Å². The Bertz CT molecular complexity index is 355. The van der Waals surface area contributed by atoms with Gasteiger partial charge in [-0.1, -0.05) is 13.3 Å². The van der Waals surface area contributed by atoms with E-state index in [9.17, 15) is 14.7 Å². The molecule has 6 nitrogen and oxygen atoms in total. The number of hydrogen-bond donors (Lipinski definition) is 2. The molecule has 2 aliphatic heterocycles. The van der Waals surface area contributed by atoms with Crippen molar-refractivity contribution in [2.24, 2.45) is 0 Å². The summed E-state index contributed by atoms with van der Waals surface area (Å²) in [6.45, 7) is 3.65. The van der Waals surface area contributed by atoms with E-state index in [4.69, 9.17) is 4.74 Å². The van der Waals surface area contributed by atoms with E-state index >= 15 is 0 Å². The van der Waals surface area contributed by atoms with Gasteiger partial charge in [0.05, 0.1) is 12.6 Å². The normalized spacial score (nSPS) is 30.6. The number of carboxylic acids is 1. The SMILES string of the molecule is CCCC1(C(=O)O)CCCN1C(=O)NC1CCOC1. The number of carbonyl (C=O) groups is 2. The summed E-state index contributed by atoms with van der Waals surface area (Å²) in [4.78, 5) is 25.4. The molecule has 0 aromatic rings. The van der Waals surface area contributed by atoms with E-state index in [2.05, 4.69) is 5.32 Å². The van der Waals surface area contributed by atoms with Crippen molar-refractivity contribution in [3.8, 4) is 0 Å². The van der Waals surface area contributed by atoms with E-state index in [1.165, 1.54) is 4.90 Å². The lowest BCUT2D eigenvalue weighted by Gasteiger charge is -2.35. The predicted molar refractivity (Wildman–Crippen MR) is 69.0 cm³/mol. The van der Waals surface area contributed by atoms with Crippen LogP contribution in [0.5, 0.6) is 0 Å². The zero-order valence-electron chi connectivity index (χ0n) is 11.4. The van der Waals surface area contributed by atoms with Crippen LogP contribution in [0.25, 0.3) is 0 Å². The summed E-state index contributed by atoms with van der Waals surface area (Å²) in [7, 11) is 0. The van der Waals surface area contributed by atoms with E-state index < -0.39 is 11.5 Å². The molecule has 2 N–H and O–H groups in total. The molecule has 0 aromatic heterocycles. The molecular weight excluding hydrogens is 248 g/mol. The Labute approximate surface area is 113 Å². The number of likely N-dealkylation sites (tertiary alicyclic amines) is 1. The highest BCUT2D eigenvalue weighted by molar-refractivity contribution is 5.87. The largest absolute Gasteiger partial charge is 0.479 e. The van der Waals surface area contributed by atoms with Gasteiger partial charge in [-0.2, -0.15) is 0 Å². The minimum atomic E-state index is -1.02. The van der Waals surface area contributed by atoms with E-state index in [0.29, 0.717) is 32.6 Å². The molecule has 2 fully saturated rings. The van der Waals surface area contributed by atoms with Crippen LogP contribution >= 0.6 is 0 Å². The zero-order valence-corrected chi connectivity index (χ0v) is 11.4. The van der Waals surface area contributed by atoms with Gasteiger partial charge in [-0.25, -0.2) is 9.59 Å². The van der Waals surface area contributed by atoms with Crippen LogP contribution in [0.4, 0.5) is 4.79 Å². The topological polar surface area (TPSA) is 78.9 Å². The second kappa shape index (κ2) is 5.77. The van der Waals surface area contributed by atoms with Crippen LogP contribution in [0.2, 0.25) is 0 Å². The predicted octanol–water partition coefficient (Wildman–Crippen LogP) is 1.20. The first-order valence-corrected chi connectivity index (χ1v) is 6.99. The van der Waals surface area contributed by atoms with Crippen LogP contribution in [-0.2, 0) is 9.53 Å². The number of rotatable bonds is 4. The molecule has 2 saturated heterocycles. The Morgan fingerprint density at radius 3 is 2.89 bits per heavy atom. The van der Waals surface area contributed by atoms with Crippen LogP contribution < -0.4 is 5.32 Å². The minimum absolute atomic E-state index is 0.0150. The summed E-state index contributed by atoms with van der Waals surface area (Å²) in [6.07, 6.45) is 3.36. The summed E-state index contributed by atoms with van der Waals surface area (Å²) in [6, 6.07) is -0.245. The van der Waals surface area contributed by atoms with Crippen molar-refractivity contribution in [3.63, 3.8) is 0 Å². The number of aliphatic carboxylic acids is 1. The van der Waals surface area contributed by atoms with Gasteiger partial charge in [-0.3, -0.25) is 0 Å². The average molecular weight is 270 g/mol. The Kier molecular flexibility index (Phi) is 4.29. The fourth-order valence-electron chi connectivity index (χ4n) is 3.08. The third-order valence-corrected chi connectivity index (χ3v) is 4.05. The zero-order chi connectivity index (χ0) is 13.9. The third-order valence-electron chi connectivity index (χ3n) is 4.05. The van der Waals surface area contributed by atoms with Crippen molar-refractivity contribution >= 4 is 12.0 Å². The molecule has 6 heteroatoms. The Balaban J connectivity index is 2.07. The molecule has 0 bridgehead atoms. The molecule has 2 atom stereocenters. The maximum atomic E-state index is 12.3. The first-order valence-electron chi connectivity index (χ1n) is 6.99. The molecule has 108 valence electrons. The van der Waals surface area contributed by atoms with Gasteiger partial charge in [-0.15, -0.1) is 0 Å². The maximum Gasteiger partial charge on any atom is 0.329 e. The summed E-state index contributed by atoms with van der Waals surface area (Å²) in [5, 5.41) is 12.4. The number of ether oxygens (including phenoxy) is 1. The second-order valence-electron chi connectivity index (χ2n) is 5.35. The summed E-state index contributed by atoms with van der Waals surface area (Å²) in [5.74, 6) is -0.885. The highest BCUT2D eigenvalue weighted by Gasteiger charge is 2.49. The number of hydrogen-bond acceptors (Lipinski definition) is 3. The third kappa shape index (κ3) is 2.68.